The van der Waals surface area contributed by atoms with Crippen LogP contribution in [0.5, 0.6) is 0 Å². The number of carbonyl (C=O) groups excluding carboxylic acids is 4. The van der Waals surface area contributed by atoms with Crippen LogP contribution < -0.4 is 0 Å². The maximum atomic E-state index is 13.0. The van der Waals surface area contributed by atoms with Gasteiger partial charge in [-0.3, -0.25) is 37.3 Å². The van der Waals surface area contributed by atoms with Crippen LogP contribution in [-0.2, 0) is 65.4 Å². The molecule has 534 valence electrons. The van der Waals surface area contributed by atoms with Crippen molar-refractivity contribution in [2.24, 2.45) is 11.8 Å². The van der Waals surface area contributed by atoms with Crippen molar-refractivity contribution in [2.45, 2.75) is 381 Å². The molecule has 0 rings (SSSR count). The SMILES string of the molecule is CCCCCCCCCCCCCCCCCCCCCCCCC(=O)O[C@H](COC(=O)CCCCCCCCCCCCC(C)C)COP(=O)(O)OC[C@@H](O)COP(=O)(O)OC[C@@H](COC(=O)CCCCCCC)OC(=O)CCCCCCCCCC(C)C. The van der Waals surface area contributed by atoms with Crippen LogP contribution >= 0.6 is 15.6 Å². The minimum absolute atomic E-state index is 0.103. The van der Waals surface area contributed by atoms with E-state index in [1.807, 2.05) is 0 Å². The molecule has 3 N–H and O–H groups in total. The summed E-state index contributed by atoms with van der Waals surface area (Å²) in [5, 5.41) is 10.5. The first kappa shape index (κ1) is 88.1. The fraction of sp³-hybridized carbons (Fsp3) is 0.944. The van der Waals surface area contributed by atoms with Crippen molar-refractivity contribution in [3.05, 3.63) is 0 Å². The molecule has 0 radical (unpaired) electrons. The molecule has 0 fully saturated rings. The van der Waals surface area contributed by atoms with Crippen molar-refractivity contribution < 1.29 is 80.2 Å². The van der Waals surface area contributed by atoms with Crippen molar-refractivity contribution >= 4 is 39.5 Å². The zero-order valence-electron chi connectivity index (χ0n) is 58.4. The molecular weight excluding hydrogens is 1190 g/mol. The molecule has 0 aliphatic rings. The number of rotatable bonds is 70. The van der Waals surface area contributed by atoms with Gasteiger partial charge in [-0.1, -0.05) is 311 Å². The number of esters is 4. The molecule has 0 aromatic carbocycles. The van der Waals surface area contributed by atoms with Crippen LogP contribution in [0, 0.1) is 11.8 Å². The number of aliphatic hydroxyl groups is 1. The standard InChI is InChI=1S/C71H138O17P2/c1-7-9-11-13-14-15-16-17-18-19-20-21-22-23-24-25-26-27-32-37-43-49-55-70(75)88-67(60-82-69(74)54-48-42-36-31-29-28-30-34-40-45-51-63(3)4)62-86-90(79,80)84-58-65(72)57-83-89(77,78)85-61-66(59-81-68(73)53-47-39-12-10-8-2)87-71(76)56-50-44-38-33-35-41-46-52-64(5)6/h63-67,72H,7-62H2,1-6H3,(H,77,78)(H,79,80)/t65-,66+,67+/m0/s1. The molecule has 19 heteroatoms. The smallest absolute Gasteiger partial charge is 0.462 e. The molecule has 0 aliphatic heterocycles. The number of ether oxygens (including phenoxy) is 4. The summed E-state index contributed by atoms with van der Waals surface area (Å²) in [7, 11) is -9.89. The first-order valence-corrected chi connectivity index (χ1v) is 40.0. The summed E-state index contributed by atoms with van der Waals surface area (Å²) in [6.45, 7) is 9.38. The maximum Gasteiger partial charge on any atom is 0.472 e. The van der Waals surface area contributed by atoms with Gasteiger partial charge in [-0.15, -0.1) is 0 Å². The summed E-state index contributed by atoms with van der Waals surface area (Å²) >= 11 is 0. The largest absolute Gasteiger partial charge is 0.472 e. The fourth-order valence-corrected chi connectivity index (χ4v) is 12.3. The minimum Gasteiger partial charge on any atom is -0.462 e. The van der Waals surface area contributed by atoms with E-state index in [0.29, 0.717) is 31.6 Å². The first-order valence-electron chi connectivity index (χ1n) is 37.0. The van der Waals surface area contributed by atoms with Gasteiger partial charge >= 0.3 is 39.5 Å². The molecule has 90 heavy (non-hydrogen) atoms. The highest BCUT2D eigenvalue weighted by Crippen LogP contribution is 2.45. The topological polar surface area (TPSA) is 237 Å². The van der Waals surface area contributed by atoms with Crippen molar-refractivity contribution in [3.63, 3.8) is 0 Å². The highest BCUT2D eigenvalue weighted by Gasteiger charge is 2.30. The molecule has 0 aliphatic carbocycles. The van der Waals surface area contributed by atoms with Crippen molar-refractivity contribution in [2.75, 3.05) is 39.6 Å². The van der Waals surface area contributed by atoms with Crippen LogP contribution in [0.25, 0.3) is 0 Å². The third-order valence-electron chi connectivity index (χ3n) is 16.5. The number of phosphoric ester groups is 2. The van der Waals surface area contributed by atoms with Crippen LogP contribution in [0.3, 0.4) is 0 Å². The second-order valence-electron chi connectivity index (χ2n) is 26.6. The summed E-state index contributed by atoms with van der Waals surface area (Å²) < 4.78 is 68.0. The van der Waals surface area contributed by atoms with Gasteiger partial charge in [0.2, 0.25) is 0 Å². The third-order valence-corrected chi connectivity index (χ3v) is 18.4. The molecule has 0 heterocycles. The molecular formula is C71H138O17P2. The average molecular weight is 1330 g/mol. The van der Waals surface area contributed by atoms with Crippen LogP contribution in [0.4, 0.5) is 0 Å². The Morgan fingerprint density at radius 2 is 0.511 bits per heavy atom. The lowest BCUT2D eigenvalue weighted by molar-refractivity contribution is -0.161. The molecule has 0 aromatic heterocycles. The summed E-state index contributed by atoms with van der Waals surface area (Å²) in [5.41, 5.74) is 0. The van der Waals surface area contributed by atoms with Crippen molar-refractivity contribution in [1.29, 1.82) is 0 Å². The van der Waals surface area contributed by atoms with Gasteiger partial charge in [-0.25, -0.2) is 9.13 Å². The quantitative estimate of drug-likeness (QED) is 0.0222. The summed E-state index contributed by atoms with van der Waals surface area (Å²) in [6, 6.07) is 0. The monoisotopic (exact) mass is 1320 g/mol. The Balaban J connectivity index is 5.09. The lowest BCUT2D eigenvalue weighted by Gasteiger charge is -2.21. The molecule has 0 saturated carbocycles. The van der Waals surface area contributed by atoms with E-state index in [1.165, 1.54) is 173 Å². The van der Waals surface area contributed by atoms with Crippen LogP contribution in [0.1, 0.15) is 363 Å². The van der Waals surface area contributed by atoms with E-state index >= 15 is 0 Å². The highest BCUT2D eigenvalue weighted by atomic mass is 31.2. The van der Waals surface area contributed by atoms with E-state index in [2.05, 4.69) is 41.5 Å². The van der Waals surface area contributed by atoms with Gasteiger partial charge in [0.1, 0.15) is 19.3 Å². The maximum absolute atomic E-state index is 13.0. The van der Waals surface area contributed by atoms with Crippen molar-refractivity contribution in [3.8, 4) is 0 Å². The fourth-order valence-electron chi connectivity index (χ4n) is 10.8. The van der Waals surface area contributed by atoms with Crippen molar-refractivity contribution in [1.82, 2.24) is 0 Å². The molecule has 0 spiro atoms. The van der Waals surface area contributed by atoms with E-state index in [4.69, 9.17) is 37.0 Å². The third kappa shape index (κ3) is 64.8. The Morgan fingerprint density at radius 3 is 0.756 bits per heavy atom. The van der Waals surface area contributed by atoms with E-state index in [-0.39, 0.29) is 25.7 Å². The number of unbranched alkanes of at least 4 members (excludes halogenated alkanes) is 40. The number of hydrogen-bond donors (Lipinski definition) is 3. The lowest BCUT2D eigenvalue weighted by atomic mass is 10.0. The van der Waals surface area contributed by atoms with Gasteiger partial charge in [0.15, 0.2) is 12.2 Å². The predicted octanol–water partition coefficient (Wildman–Crippen LogP) is 20.4. The van der Waals surface area contributed by atoms with Gasteiger partial charge in [0.25, 0.3) is 0 Å². The van der Waals surface area contributed by atoms with Gasteiger partial charge in [-0.05, 0) is 37.5 Å². The zero-order valence-corrected chi connectivity index (χ0v) is 60.2. The summed E-state index contributed by atoms with van der Waals surface area (Å²) in [4.78, 5) is 72.2. The van der Waals surface area contributed by atoms with Crippen LogP contribution in [-0.4, -0.2) is 96.7 Å². The van der Waals surface area contributed by atoms with Gasteiger partial charge in [-0.2, -0.15) is 0 Å². The van der Waals surface area contributed by atoms with Gasteiger partial charge < -0.3 is 33.8 Å². The van der Waals surface area contributed by atoms with E-state index in [1.54, 1.807) is 0 Å². The molecule has 5 atom stereocenters. The number of hydrogen-bond acceptors (Lipinski definition) is 15. The molecule has 2 unspecified atom stereocenters. The summed E-state index contributed by atoms with van der Waals surface area (Å²) in [5.74, 6) is -0.684. The molecule has 17 nitrogen and oxygen atoms in total. The zero-order chi connectivity index (χ0) is 66.5. The molecule has 0 saturated heterocycles. The van der Waals surface area contributed by atoms with Gasteiger partial charge in [0.05, 0.1) is 26.4 Å². The van der Waals surface area contributed by atoms with Crippen LogP contribution in [0.15, 0.2) is 0 Å². The first-order chi connectivity index (χ1) is 43.4. The Kier molecular flexibility index (Phi) is 61.8. The van der Waals surface area contributed by atoms with E-state index in [9.17, 15) is 43.2 Å². The lowest BCUT2D eigenvalue weighted by Crippen LogP contribution is -2.30. The van der Waals surface area contributed by atoms with E-state index in [0.717, 1.165) is 102 Å². The molecule has 0 aromatic rings. The van der Waals surface area contributed by atoms with Gasteiger partial charge in [0, 0.05) is 25.7 Å². The Labute approximate surface area is 549 Å². The predicted molar refractivity (Wildman–Crippen MR) is 363 cm³/mol. The Hall–Kier alpha value is -1.94. The second-order valence-corrected chi connectivity index (χ2v) is 29.5. The normalized spacial score (nSPS) is 14.1. The molecule has 0 amide bonds. The highest BCUT2D eigenvalue weighted by molar-refractivity contribution is 7.47. The number of phosphoric acid groups is 2. The Bertz CT molecular complexity index is 1750. The summed E-state index contributed by atoms with van der Waals surface area (Å²) in [6.07, 6.45) is 49.3. The minimum atomic E-state index is -4.95. The Morgan fingerprint density at radius 1 is 0.300 bits per heavy atom. The molecule has 0 bridgehead atoms. The second kappa shape index (κ2) is 63.1. The number of aliphatic hydroxyl groups excluding tert-OH is 1. The average Bonchev–Trinajstić information content (AvgIpc) is 3.50. The van der Waals surface area contributed by atoms with Crippen LogP contribution in [0.2, 0.25) is 0 Å². The van der Waals surface area contributed by atoms with E-state index < -0.39 is 97.5 Å². The number of carbonyl (C=O) groups is 4.